The van der Waals surface area contributed by atoms with E-state index in [0.29, 0.717) is 0 Å². The highest BCUT2D eigenvalue weighted by Crippen LogP contribution is 2.46. The van der Waals surface area contributed by atoms with Crippen LogP contribution in [0, 0.1) is 0 Å². The minimum atomic E-state index is -2.65. The fourth-order valence-corrected chi connectivity index (χ4v) is 18.0. The van der Waals surface area contributed by atoms with Gasteiger partial charge in [0.05, 0.1) is 65.9 Å². The molecule has 9 heterocycles. The maximum absolute atomic E-state index is 13.9. The maximum Gasteiger partial charge on any atom is 0.407 e. The number of fused-ring (bicyclic) bond motifs is 3. The summed E-state index contributed by atoms with van der Waals surface area (Å²) in [7, 11) is 0. The Morgan fingerprint density at radius 2 is 0.620 bits per heavy atom. The predicted octanol–water partition coefficient (Wildman–Crippen LogP) is -17.5. The fraction of sp³-hybridized carbons (Fsp3) is 0.765. The first kappa shape index (κ1) is 109. The third-order valence-corrected chi connectivity index (χ3v) is 25.0. The average molecular weight is 1980 g/mol. The third kappa shape index (κ3) is 24.2. The Morgan fingerprint density at radius 1 is 0.307 bits per heavy atom. The molecule has 0 bridgehead atoms. The maximum atomic E-state index is 13.9. The van der Waals surface area contributed by atoms with Crippen LogP contribution < -0.4 is 31.9 Å². The number of carbonyl (C=O) groups excluding carboxylic acids is 6. The number of carboxylic acid groups (broad SMARTS) is 1. The normalized spacial score (nSPS) is 42.6. The zero-order chi connectivity index (χ0) is 99.9. The van der Waals surface area contributed by atoms with Gasteiger partial charge < -0.3 is 245 Å². The third-order valence-electron chi connectivity index (χ3n) is 25.0. The predicted molar refractivity (Wildman–Crippen MR) is 434 cm³/mol. The Kier molecular flexibility index (Phi) is 38.0. The Labute approximate surface area is 776 Å². The first-order chi connectivity index (χ1) is 65.1. The van der Waals surface area contributed by atoms with E-state index in [2.05, 4.69) is 31.9 Å². The summed E-state index contributed by atoms with van der Waals surface area (Å²) in [5.74, 6) is -7.28. The second-order valence-corrected chi connectivity index (χ2v) is 34.3. The zero-order valence-corrected chi connectivity index (χ0v) is 73.4. The number of hydrogen-bond donors (Lipinski definition) is 31. The summed E-state index contributed by atoms with van der Waals surface area (Å²) in [6.45, 7) is -6.91. The van der Waals surface area contributed by atoms with Gasteiger partial charge in [0.15, 0.2) is 56.5 Å². The SMILES string of the molecule is CC(=O)NC1C(O)[C@H](O[C@@H]2OC(CO)[C@H](O)C(O)[C@@H]2O)[C@H](CO)O[C@H]1O[C@@H]1C(O)[C@H](O)C(CO)O[C@@H]1OCC1O[C@@H](O[C@@H]2C(CO)O[C@@H](O[C@@H]3C(CO)O[C@@H](NC(=O)CC(NC(=O)OCC4c5ccccc5-c5ccccc54)C(=O)O)[C@@H](NC(C)=O)C3O)[C@@H](NC(C)=O)C2O)[C@H](O)C(O[C@H]2O[C@H](CO)[C@@H](O)C(O)C2O[C@@H]2OC(CO)[C@@H](O[C@@H]3OC(CO)[C@H](O)C(O)[C@@H]3O)[C@H](O)C2NC(C)=O)[C@@H]1O. The minimum Gasteiger partial charge on any atom is -0.480 e. The number of rotatable bonds is 36. The molecule has 1 aliphatic carbocycles. The number of nitrogens with one attached hydrogen (secondary N) is 6. The van der Waals surface area contributed by atoms with E-state index in [0.717, 1.165) is 49.9 Å². The first-order valence-electron chi connectivity index (χ1n) is 43.7. The number of alkyl carbamates (subject to hydrolysis) is 1. The summed E-state index contributed by atoms with van der Waals surface area (Å²) >= 11 is 0. The molecule has 9 aliphatic heterocycles. The molecule has 46 atom stereocenters. The van der Waals surface area contributed by atoms with Crippen LogP contribution in [0.15, 0.2) is 48.5 Å². The summed E-state index contributed by atoms with van der Waals surface area (Å²) in [6, 6.07) is 4.83. The van der Waals surface area contributed by atoms with Crippen molar-refractivity contribution < 1.29 is 246 Å². The van der Waals surface area contributed by atoms with Gasteiger partial charge in [-0.2, -0.15) is 0 Å². The van der Waals surface area contributed by atoms with Crippen molar-refractivity contribution >= 4 is 41.6 Å². The summed E-state index contributed by atoms with van der Waals surface area (Å²) in [6.07, 6.45) is -90.0. The number of carbonyl (C=O) groups is 7. The minimum absolute atomic E-state index is 0.261. The van der Waals surface area contributed by atoms with Crippen molar-refractivity contribution in [2.24, 2.45) is 0 Å². The van der Waals surface area contributed by atoms with E-state index in [9.17, 15) is 161 Å². The van der Waals surface area contributed by atoms with Crippen molar-refractivity contribution in [3.05, 3.63) is 59.7 Å². The molecule has 0 radical (unpaired) electrons. The van der Waals surface area contributed by atoms with Gasteiger partial charge in [-0.25, -0.2) is 9.59 Å². The fourth-order valence-electron chi connectivity index (χ4n) is 18.0. The molecule has 9 saturated heterocycles. The molecule has 137 heavy (non-hydrogen) atoms. The van der Waals surface area contributed by atoms with E-state index >= 15 is 0 Å². The molecule has 0 saturated carbocycles. The molecular weight excluding hydrogens is 1860 g/mol. The monoisotopic (exact) mass is 1980 g/mol. The van der Waals surface area contributed by atoms with Crippen LogP contribution in [-0.4, -0.2) is 517 Å². The topological polar surface area (TPSA) is 864 Å². The molecule has 2 aromatic carbocycles. The van der Waals surface area contributed by atoms with Crippen LogP contribution in [0.5, 0.6) is 0 Å². The lowest BCUT2D eigenvalue weighted by Gasteiger charge is -2.51. The number of benzene rings is 2. The van der Waals surface area contributed by atoms with E-state index in [4.69, 9.17) is 85.3 Å². The number of hydrogen-bond acceptors (Lipinski definition) is 49. The van der Waals surface area contributed by atoms with Gasteiger partial charge in [0, 0.05) is 33.6 Å². The number of amides is 6. The van der Waals surface area contributed by atoms with Gasteiger partial charge in [0.25, 0.3) is 0 Å². The van der Waals surface area contributed by atoms with E-state index in [1.807, 2.05) is 36.4 Å². The summed E-state index contributed by atoms with van der Waals surface area (Å²) < 4.78 is 108. The van der Waals surface area contributed by atoms with Crippen molar-refractivity contribution in [2.75, 3.05) is 66.1 Å². The zero-order valence-electron chi connectivity index (χ0n) is 73.4. The molecule has 2 aromatic rings. The molecule has 774 valence electrons. The lowest BCUT2D eigenvalue weighted by Crippen LogP contribution is -2.72. The standard InChI is InChI=1S/C81H120N6O50/c1-24(96)82-44-53(106)64(38(18-92)122-71(44)87-43(100)13-33(72(117)118)86-81(119)121-22-32-30-11-7-5-9-28(30)29-10-6-8-12-31(29)32)131-73-45(83-25(2)97)54(107)67(41(21-95)127-73)134-78-63(116)68(135-80-70(60(113)51(104)37(17-91)126-80)137-75-47(85-27(4)99)56(109)66(40(20-94)129-75)133-77-62(115)58(111)49(102)35(15-89)124-77)52(105)42(130-78)23-120-79-69(59(112)50(103)36(16-90)125-79)136-74-46(84-26(3)98)55(108)65(39(19-93)128-74)132-76-61(114)57(110)48(101)34(14-88)123-76/h5-12,32-42,44-71,73-80,88-95,101-116H,13-23H2,1-4H3,(H,82,96)(H,83,97)(H,84,98)(H,85,99)(H,86,119)(H,87,100)(H,117,118)/t33?,34?,35?,36?,37-,38?,39+,40?,41?,42?,44+,45+,46?,47?,48+,49+,50-,51-,52-,53?,54?,55?,56-,57?,58?,59?,60?,61+,62+,63-,64-,65-,66-,67-,68?,69-,70?,71-,73+,74+,75+,76+,77+,78+,79+,80-/m1/s1. The van der Waals surface area contributed by atoms with Crippen LogP contribution in [0.25, 0.3) is 11.1 Å². The molecule has 9 fully saturated rings. The quantitative estimate of drug-likeness (QED) is 0.0301. The molecule has 10 aliphatic rings. The van der Waals surface area contributed by atoms with Crippen LogP contribution in [0.4, 0.5) is 4.79 Å². The Morgan fingerprint density at radius 3 is 1.01 bits per heavy atom. The molecule has 19 unspecified atom stereocenters. The number of ether oxygens (including phenoxy) is 18. The second-order valence-electron chi connectivity index (χ2n) is 34.3. The van der Waals surface area contributed by atoms with E-state index < -0.39 is 395 Å². The van der Waals surface area contributed by atoms with Crippen LogP contribution in [0.3, 0.4) is 0 Å². The highest BCUT2D eigenvalue weighted by Gasteiger charge is 2.62. The van der Waals surface area contributed by atoms with Crippen molar-refractivity contribution in [3.8, 4) is 11.1 Å². The van der Waals surface area contributed by atoms with Crippen LogP contribution in [0.1, 0.15) is 51.2 Å². The molecule has 31 N–H and O–H groups in total. The van der Waals surface area contributed by atoms with Crippen LogP contribution in [-0.2, 0) is 114 Å². The summed E-state index contributed by atoms with van der Waals surface area (Å²) in [5, 5.41) is 295. The van der Waals surface area contributed by atoms with Crippen LogP contribution >= 0.6 is 0 Å². The molecule has 12 rings (SSSR count). The largest absolute Gasteiger partial charge is 0.480 e. The molecule has 56 heteroatoms. The van der Waals surface area contributed by atoms with Gasteiger partial charge in [-0.3, -0.25) is 24.0 Å². The van der Waals surface area contributed by atoms with Crippen molar-refractivity contribution in [2.45, 2.75) is 322 Å². The van der Waals surface area contributed by atoms with Gasteiger partial charge in [-0.1, -0.05) is 48.5 Å². The van der Waals surface area contributed by atoms with Gasteiger partial charge in [0.1, 0.15) is 232 Å². The second kappa shape index (κ2) is 47.9. The van der Waals surface area contributed by atoms with E-state index in [-0.39, 0.29) is 6.61 Å². The lowest BCUT2D eigenvalue weighted by atomic mass is 9.93. The highest BCUT2D eigenvalue weighted by molar-refractivity contribution is 5.87. The van der Waals surface area contributed by atoms with Gasteiger partial charge in [-0.05, 0) is 22.3 Å². The van der Waals surface area contributed by atoms with Crippen LogP contribution in [0.2, 0.25) is 0 Å². The van der Waals surface area contributed by atoms with Crippen molar-refractivity contribution in [3.63, 3.8) is 0 Å². The van der Waals surface area contributed by atoms with E-state index in [1.165, 1.54) is 0 Å². The number of aliphatic carboxylic acids is 1. The summed E-state index contributed by atoms with van der Waals surface area (Å²) in [4.78, 5) is 92.2. The smallest absolute Gasteiger partial charge is 0.407 e. The molecule has 6 amide bonds. The van der Waals surface area contributed by atoms with Crippen molar-refractivity contribution in [1.29, 1.82) is 0 Å². The molecule has 0 aromatic heterocycles. The van der Waals surface area contributed by atoms with Crippen molar-refractivity contribution in [1.82, 2.24) is 31.9 Å². The average Bonchev–Trinajstić information content (AvgIpc) is 1.75. The van der Waals surface area contributed by atoms with Gasteiger partial charge in [0.2, 0.25) is 29.5 Å². The Balaban J connectivity index is 0.821. The molecule has 0 spiro atoms. The number of carboxylic acids is 1. The Bertz CT molecular complexity index is 4250. The molecular formula is C81H120N6O50. The summed E-state index contributed by atoms with van der Waals surface area (Å²) in [5.41, 5.74) is 3.41. The van der Waals surface area contributed by atoms with Gasteiger partial charge >= 0.3 is 12.1 Å². The number of aliphatic hydroxyl groups is 24. The number of aliphatic hydroxyl groups excluding tert-OH is 24. The molecule has 56 nitrogen and oxygen atoms in total. The first-order valence-corrected chi connectivity index (χ1v) is 43.7. The lowest BCUT2D eigenvalue weighted by molar-refractivity contribution is -0.398. The Hall–Kier alpha value is -7.11. The van der Waals surface area contributed by atoms with Gasteiger partial charge in [-0.15, -0.1) is 0 Å². The highest BCUT2D eigenvalue weighted by atomic mass is 16.8. The van der Waals surface area contributed by atoms with E-state index in [1.54, 1.807) is 12.1 Å².